The minimum absolute atomic E-state index is 0.192. The summed E-state index contributed by atoms with van der Waals surface area (Å²) in [5.41, 5.74) is 0. The van der Waals surface area contributed by atoms with Crippen LogP contribution in [0.15, 0.2) is 24.3 Å². The summed E-state index contributed by atoms with van der Waals surface area (Å²) in [5.74, 6) is -1.01. The Bertz CT molecular complexity index is 1020. The molecule has 58 heavy (non-hydrogen) atoms. The average Bonchev–Trinajstić information content (AvgIpc) is 3.21. The van der Waals surface area contributed by atoms with Crippen LogP contribution >= 0.6 is 7.82 Å². The summed E-state index contributed by atoms with van der Waals surface area (Å²) in [4.78, 5) is 34.5. The van der Waals surface area contributed by atoms with E-state index in [0.717, 1.165) is 44.9 Å². The number of esters is 2. The lowest BCUT2D eigenvalue weighted by molar-refractivity contribution is -0.153. The molecule has 0 heterocycles. The normalized spacial score (nSPS) is 13.9. The molecule has 0 aromatic rings. The lowest BCUT2D eigenvalue weighted by Crippen LogP contribution is -2.28. The van der Waals surface area contributed by atoms with Crippen molar-refractivity contribution in [3.8, 4) is 0 Å². The molecule has 3 unspecified atom stereocenters. The standard InChI is InChI=1S/C47H89O10P/c1-3-5-7-9-11-13-15-17-18-19-20-21-22-23-24-25-26-27-29-31-33-35-37-39-47(51)57-45(41-49)43-55-58(52,53)54-42-44(40-48)56-46(50)38-36-34-32-30-28-16-14-12-10-8-6-4-2/h15,17,19-20,44-45,48-49H,3-14,16,18,21-43H2,1-2H3,(H,52,53)/b17-15-,20-19-. The highest BCUT2D eigenvalue weighted by molar-refractivity contribution is 7.47. The van der Waals surface area contributed by atoms with Crippen molar-refractivity contribution in [3.05, 3.63) is 24.3 Å². The Labute approximate surface area is 355 Å². The highest BCUT2D eigenvalue weighted by atomic mass is 31.2. The Hall–Kier alpha value is -1.55. The summed E-state index contributed by atoms with van der Waals surface area (Å²) in [6.07, 6.45) is 44.4. The number of hydrogen-bond donors (Lipinski definition) is 3. The van der Waals surface area contributed by atoms with Gasteiger partial charge in [-0.25, -0.2) is 4.57 Å². The minimum Gasteiger partial charge on any atom is -0.457 e. The first-order valence-electron chi connectivity index (χ1n) is 23.8. The summed E-state index contributed by atoms with van der Waals surface area (Å²) in [6, 6.07) is 0. The maximum Gasteiger partial charge on any atom is 0.472 e. The van der Waals surface area contributed by atoms with Crippen molar-refractivity contribution >= 4 is 19.8 Å². The molecule has 0 radical (unpaired) electrons. The maximum absolute atomic E-state index is 12.4. The Morgan fingerprint density at radius 3 is 1.07 bits per heavy atom. The monoisotopic (exact) mass is 845 g/mol. The lowest BCUT2D eigenvalue weighted by atomic mass is 10.0. The van der Waals surface area contributed by atoms with Crippen molar-refractivity contribution < 1.29 is 47.8 Å². The predicted octanol–water partition coefficient (Wildman–Crippen LogP) is 13.0. The fourth-order valence-electron chi connectivity index (χ4n) is 6.73. The third kappa shape index (κ3) is 41.2. The number of hydrogen-bond acceptors (Lipinski definition) is 9. The number of carbonyl (C=O) groups is 2. The summed E-state index contributed by atoms with van der Waals surface area (Å²) in [7, 11) is -4.63. The van der Waals surface area contributed by atoms with Gasteiger partial charge in [-0.3, -0.25) is 18.6 Å². The molecule has 0 saturated carbocycles. The summed E-state index contributed by atoms with van der Waals surface area (Å²) in [5, 5.41) is 19.2. The van der Waals surface area contributed by atoms with E-state index in [4.69, 9.17) is 18.5 Å². The molecule has 342 valence electrons. The fourth-order valence-corrected chi connectivity index (χ4v) is 7.52. The number of allylic oxidation sites excluding steroid dienone is 4. The molecule has 0 fully saturated rings. The molecule has 3 N–H and O–H groups in total. The lowest BCUT2D eigenvalue weighted by Gasteiger charge is -2.20. The van der Waals surface area contributed by atoms with E-state index in [1.165, 1.54) is 141 Å². The van der Waals surface area contributed by atoms with Crippen LogP contribution in [0.5, 0.6) is 0 Å². The quantitative estimate of drug-likeness (QED) is 0.0234. The smallest absolute Gasteiger partial charge is 0.457 e. The first kappa shape index (κ1) is 56.5. The molecule has 0 amide bonds. The fraction of sp³-hybridized carbons (Fsp3) is 0.872. The molecule has 0 spiro atoms. The van der Waals surface area contributed by atoms with Gasteiger partial charge in [0.1, 0.15) is 12.2 Å². The van der Waals surface area contributed by atoms with E-state index in [1.54, 1.807) is 0 Å². The molecule has 0 aliphatic heterocycles. The number of phosphoric ester groups is 1. The largest absolute Gasteiger partial charge is 0.472 e. The van der Waals surface area contributed by atoms with Gasteiger partial charge in [0.15, 0.2) is 0 Å². The van der Waals surface area contributed by atoms with Crippen LogP contribution in [-0.2, 0) is 32.7 Å². The van der Waals surface area contributed by atoms with Crippen LogP contribution in [0.2, 0.25) is 0 Å². The van der Waals surface area contributed by atoms with E-state index in [9.17, 15) is 29.3 Å². The van der Waals surface area contributed by atoms with Gasteiger partial charge in [-0.2, -0.15) is 0 Å². The van der Waals surface area contributed by atoms with Crippen molar-refractivity contribution in [3.63, 3.8) is 0 Å². The SMILES string of the molecule is CCCCCCC/C=C\C/C=C\CCCCCCCCCCCCCC(=O)OC(CO)COP(=O)(O)OCC(CO)OC(=O)CCCCCCCCCCCCCC. The summed E-state index contributed by atoms with van der Waals surface area (Å²) >= 11 is 0. The number of ether oxygens (including phenoxy) is 2. The Kier molecular flexibility index (Phi) is 42.4. The molecule has 0 aliphatic rings. The van der Waals surface area contributed by atoms with E-state index in [1.807, 2.05) is 0 Å². The zero-order valence-electron chi connectivity index (χ0n) is 37.3. The second kappa shape index (κ2) is 43.5. The summed E-state index contributed by atoms with van der Waals surface area (Å²) < 4.78 is 32.6. The van der Waals surface area contributed by atoms with E-state index < -0.39 is 58.4 Å². The Balaban J connectivity index is 3.83. The number of aliphatic hydroxyl groups is 2. The third-order valence-corrected chi connectivity index (χ3v) is 11.4. The van der Waals surface area contributed by atoms with Gasteiger partial charge in [-0.05, 0) is 44.9 Å². The van der Waals surface area contributed by atoms with Crippen LogP contribution in [0, 0.1) is 0 Å². The molecule has 0 saturated heterocycles. The number of aliphatic hydroxyl groups excluding tert-OH is 2. The van der Waals surface area contributed by atoms with E-state index in [2.05, 4.69) is 38.2 Å². The zero-order valence-corrected chi connectivity index (χ0v) is 38.2. The van der Waals surface area contributed by atoms with Crippen molar-refractivity contribution in [2.45, 2.75) is 238 Å². The predicted molar refractivity (Wildman–Crippen MR) is 238 cm³/mol. The maximum atomic E-state index is 12.4. The van der Waals surface area contributed by atoms with Crippen LogP contribution in [0.3, 0.4) is 0 Å². The van der Waals surface area contributed by atoms with Gasteiger partial charge in [0, 0.05) is 12.8 Å². The average molecular weight is 845 g/mol. The van der Waals surface area contributed by atoms with Crippen molar-refractivity contribution in [2.24, 2.45) is 0 Å². The molecule has 10 nitrogen and oxygen atoms in total. The van der Waals surface area contributed by atoms with Crippen LogP contribution < -0.4 is 0 Å². The van der Waals surface area contributed by atoms with Crippen LogP contribution in [0.1, 0.15) is 226 Å². The molecular formula is C47H89O10P. The number of unbranched alkanes of at least 4 members (excludes halogenated alkanes) is 27. The first-order valence-corrected chi connectivity index (χ1v) is 25.3. The van der Waals surface area contributed by atoms with E-state index in [0.29, 0.717) is 12.8 Å². The zero-order chi connectivity index (χ0) is 42.6. The highest BCUT2D eigenvalue weighted by Gasteiger charge is 2.27. The molecular weight excluding hydrogens is 755 g/mol. The number of phosphoric acid groups is 1. The van der Waals surface area contributed by atoms with Gasteiger partial charge in [-0.15, -0.1) is 0 Å². The Morgan fingerprint density at radius 2 is 0.759 bits per heavy atom. The van der Waals surface area contributed by atoms with Crippen LogP contribution in [0.4, 0.5) is 0 Å². The molecule has 0 rings (SSSR count). The van der Waals surface area contributed by atoms with Crippen LogP contribution in [-0.4, -0.2) is 65.7 Å². The second-order valence-electron chi connectivity index (χ2n) is 16.1. The van der Waals surface area contributed by atoms with Crippen molar-refractivity contribution in [1.29, 1.82) is 0 Å². The summed E-state index contributed by atoms with van der Waals surface area (Å²) in [6.45, 7) is 2.22. The van der Waals surface area contributed by atoms with Gasteiger partial charge in [0.2, 0.25) is 0 Å². The molecule has 3 atom stereocenters. The van der Waals surface area contributed by atoms with Gasteiger partial charge in [0.05, 0.1) is 26.4 Å². The van der Waals surface area contributed by atoms with Gasteiger partial charge in [-0.1, -0.05) is 192 Å². The highest BCUT2D eigenvalue weighted by Crippen LogP contribution is 2.43. The number of carbonyl (C=O) groups excluding carboxylic acids is 2. The third-order valence-electron chi connectivity index (χ3n) is 10.4. The molecule has 0 aliphatic carbocycles. The van der Waals surface area contributed by atoms with Crippen LogP contribution in [0.25, 0.3) is 0 Å². The second-order valence-corrected chi connectivity index (χ2v) is 17.6. The van der Waals surface area contributed by atoms with E-state index >= 15 is 0 Å². The molecule has 0 aromatic heterocycles. The van der Waals surface area contributed by atoms with Gasteiger partial charge in [0.25, 0.3) is 0 Å². The molecule has 11 heteroatoms. The first-order chi connectivity index (χ1) is 28.3. The number of rotatable bonds is 45. The Morgan fingerprint density at radius 1 is 0.466 bits per heavy atom. The minimum atomic E-state index is -4.63. The van der Waals surface area contributed by atoms with Gasteiger partial charge >= 0.3 is 19.8 Å². The molecule has 0 aromatic carbocycles. The van der Waals surface area contributed by atoms with Crippen molar-refractivity contribution in [1.82, 2.24) is 0 Å². The topological polar surface area (TPSA) is 149 Å². The molecule has 0 bridgehead atoms. The van der Waals surface area contributed by atoms with Gasteiger partial charge < -0.3 is 24.6 Å². The van der Waals surface area contributed by atoms with E-state index in [-0.39, 0.29) is 12.8 Å². The van der Waals surface area contributed by atoms with Crippen molar-refractivity contribution in [2.75, 3.05) is 26.4 Å².